The van der Waals surface area contributed by atoms with E-state index in [4.69, 9.17) is 5.73 Å². The van der Waals surface area contributed by atoms with Crippen LogP contribution in [-0.2, 0) is 6.42 Å². The fraction of sp³-hybridized carbons (Fsp3) is 0.667. The molecule has 0 atom stereocenters. The van der Waals surface area contributed by atoms with Gasteiger partial charge in [0, 0.05) is 18.0 Å². The van der Waals surface area contributed by atoms with Gasteiger partial charge in [0.25, 0.3) is 0 Å². The average Bonchev–Trinajstić information content (AvgIpc) is 2.22. The van der Waals surface area contributed by atoms with Gasteiger partial charge in [-0.1, -0.05) is 13.8 Å². The smallest absolute Gasteiger partial charge is 0.134 e. The van der Waals surface area contributed by atoms with Gasteiger partial charge in [0.1, 0.15) is 17.5 Å². The highest BCUT2D eigenvalue weighted by Crippen LogP contribution is 2.30. The van der Waals surface area contributed by atoms with Crippen molar-refractivity contribution in [2.24, 2.45) is 5.92 Å². The van der Waals surface area contributed by atoms with Crippen molar-refractivity contribution in [3.8, 4) is 0 Å². The van der Waals surface area contributed by atoms with Gasteiger partial charge >= 0.3 is 0 Å². The monoisotopic (exact) mass is 220 g/mol. The lowest BCUT2D eigenvalue weighted by Gasteiger charge is -2.34. The van der Waals surface area contributed by atoms with Crippen LogP contribution in [0.15, 0.2) is 0 Å². The van der Waals surface area contributed by atoms with E-state index >= 15 is 0 Å². The first-order chi connectivity index (χ1) is 7.60. The predicted molar refractivity (Wildman–Crippen MR) is 66.4 cm³/mol. The van der Waals surface area contributed by atoms with Gasteiger partial charge in [-0.15, -0.1) is 0 Å². The normalized spacial score (nSPS) is 23.9. The Labute approximate surface area is 96.7 Å². The maximum absolute atomic E-state index is 5.87. The molecule has 1 fully saturated rings. The van der Waals surface area contributed by atoms with Gasteiger partial charge in [-0.05, 0) is 25.7 Å². The molecule has 88 valence electrons. The lowest BCUT2D eigenvalue weighted by atomic mass is 9.82. The summed E-state index contributed by atoms with van der Waals surface area (Å²) < 4.78 is 0. The molecule has 0 amide bonds. The molecule has 1 saturated carbocycles. The first-order valence-corrected chi connectivity index (χ1v) is 5.99. The van der Waals surface area contributed by atoms with Crippen LogP contribution in [0.3, 0.4) is 0 Å². The van der Waals surface area contributed by atoms with Crippen molar-refractivity contribution in [3.05, 3.63) is 11.4 Å². The SMILES string of the molecule is CCc1nc(N)c(C)c(NC2CC(C)C2)n1. The van der Waals surface area contributed by atoms with E-state index in [0.717, 1.165) is 29.5 Å². The molecule has 2 rings (SSSR count). The summed E-state index contributed by atoms with van der Waals surface area (Å²) in [4.78, 5) is 8.74. The third-order valence-corrected chi connectivity index (χ3v) is 3.26. The number of aromatic nitrogens is 2. The number of rotatable bonds is 3. The number of hydrogen-bond donors (Lipinski definition) is 2. The Morgan fingerprint density at radius 2 is 2.06 bits per heavy atom. The zero-order chi connectivity index (χ0) is 11.7. The van der Waals surface area contributed by atoms with Crippen LogP contribution in [-0.4, -0.2) is 16.0 Å². The predicted octanol–water partition coefficient (Wildman–Crippen LogP) is 2.14. The van der Waals surface area contributed by atoms with E-state index in [1.165, 1.54) is 12.8 Å². The summed E-state index contributed by atoms with van der Waals surface area (Å²) in [6, 6.07) is 0.563. The second kappa shape index (κ2) is 4.28. The van der Waals surface area contributed by atoms with E-state index in [-0.39, 0.29) is 0 Å². The van der Waals surface area contributed by atoms with E-state index in [1.807, 2.05) is 13.8 Å². The summed E-state index contributed by atoms with van der Waals surface area (Å²) in [5, 5.41) is 3.46. The molecule has 16 heavy (non-hydrogen) atoms. The second-order valence-electron chi connectivity index (χ2n) is 4.77. The summed E-state index contributed by atoms with van der Waals surface area (Å²) in [5.41, 5.74) is 6.84. The average molecular weight is 220 g/mol. The van der Waals surface area contributed by atoms with Crippen LogP contribution in [0.1, 0.15) is 38.1 Å². The third-order valence-electron chi connectivity index (χ3n) is 3.26. The number of anilines is 2. The van der Waals surface area contributed by atoms with Crippen LogP contribution in [0, 0.1) is 12.8 Å². The molecule has 1 aliphatic carbocycles. The third kappa shape index (κ3) is 2.10. The van der Waals surface area contributed by atoms with Crippen molar-refractivity contribution in [2.75, 3.05) is 11.1 Å². The topological polar surface area (TPSA) is 63.8 Å². The van der Waals surface area contributed by atoms with Crippen molar-refractivity contribution in [2.45, 2.75) is 46.1 Å². The first-order valence-electron chi connectivity index (χ1n) is 5.99. The Morgan fingerprint density at radius 1 is 1.38 bits per heavy atom. The highest BCUT2D eigenvalue weighted by molar-refractivity contribution is 5.55. The van der Waals surface area contributed by atoms with Crippen LogP contribution in [0.2, 0.25) is 0 Å². The Kier molecular flexibility index (Phi) is 2.99. The number of nitrogens with two attached hydrogens (primary N) is 1. The molecule has 3 N–H and O–H groups in total. The molecule has 0 aliphatic heterocycles. The molecule has 1 aromatic heterocycles. The van der Waals surface area contributed by atoms with E-state index in [1.54, 1.807) is 0 Å². The zero-order valence-corrected chi connectivity index (χ0v) is 10.2. The van der Waals surface area contributed by atoms with Crippen LogP contribution < -0.4 is 11.1 Å². The van der Waals surface area contributed by atoms with E-state index in [2.05, 4.69) is 22.2 Å². The largest absolute Gasteiger partial charge is 0.383 e. The highest BCUT2D eigenvalue weighted by atomic mass is 15.1. The van der Waals surface area contributed by atoms with Gasteiger partial charge in [0.15, 0.2) is 0 Å². The maximum Gasteiger partial charge on any atom is 0.134 e. The number of hydrogen-bond acceptors (Lipinski definition) is 4. The quantitative estimate of drug-likeness (QED) is 0.819. The van der Waals surface area contributed by atoms with Crippen LogP contribution >= 0.6 is 0 Å². The molecule has 1 heterocycles. The fourth-order valence-electron chi connectivity index (χ4n) is 2.09. The summed E-state index contributed by atoms with van der Waals surface area (Å²) in [6.07, 6.45) is 3.27. The summed E-state index contributed by atoms with van der Waals surface area (Å²) in [7, 11) is 0. The molecule has 0 aromatic carbocycles. The standard InChI is InChI=1S/C12H20N4/c1-4-10-15-11(13)8(3)12(16-10)14-9-5-7(2)6-9/h7,9H,4-6H2,1-3H3,(H3,13,14,15,16). The van der Waals surface area contributed by atoms with Crippen molar-refractivity contribution in [1.82, 2.24) is 9.97 Å². The molecule has 1 aromatic rings. The fourth-order valence-corrected chi connectivity index (χ4v) is 2.09. The maximum atomic E-state index is 5.87. The molecule has 0 spiro atoms. The van der Waals surface area contributed by atoms with Gasteiger partial charge in [0.05, 0.1) is 0 Å². The number of nitrogens with one attached hydrogen (secondary N) is 1. The van der Waals surface area contributed by atoms with Gasteiger partial charge < -0.3 is 11.1 Å². The van der Waals surface area contributed by atoms with Gasteiger partial charge in [-0.3, -0.25) is 0 Å². The van der Waals surface area contributed by atoms with Crippen molar-refractivity contribution in [3.63, 3.8) is 0 Å². The van der Waals surface area contributed by atoms with Crippen molar-refractivity contribution in [1.29, 1.82) is 0 Å². The molecular weight excluding hydrogens is 200 g/mol. The molecule has 0 radical (unpaired) electrons. The van der Waals surface area contributed by atoms with Crippen LogP contribution in [0.5, 0.6) is 0 Å². The Balaban J connectivity index is 2.15. The molecular formula is C12H20N4. The lowest BCUT2D eigenvalue weighted by molar-refractivity contribution is 0.308. The minimum absolute atomic E-state index is 0.563. The van der Waals surface area contributed by atoms with E-state index in [0.29, 0.717) is 11.9 Å². The Morgan fingerprint density at radius 3 is 2.62 bits per heavy atom. The van der Waals surface area contributed by atoms with Crippen molar-refractivity contribution >= 4 is 11.6 Å². The second-order valence-corrected chi connectivity index (χ2v) is 4.77. The minimum Gasteiger partial charge on any atom is -0.383 e. The Bertz CT molecular complexity index is 383. The molecule has 1 aliphatic rings. The number of aryl methyl sites for hydroxylation is 1. The van der Waals surface area contributed by atoms with E-state index < -0.39 is 0 Å². The summed E-state index contributed by atoms with van der Waals surface area (Å²) in [5.74, 6) is 3.17. The van der Waals surface area contributed by atoms with Crippen molar-refractivity contribution < 1.29 is 0 Å². The lowest BCUT2D eigenvalue weighted by Crippen LogP contribution is -2.34. The summed E-state index contributed by atoms with van der Waals surface area (Å²) >= 11 is 0. The molecule has 4 heteroatoms. The molecule has 0 bridgehead atoms. The number of nitrogens with zero attached hydrogens (tertiary/aromatic N) is 2. The Hall–Kier alpha value is -1.32. The molecule has 0 saturated heterocycles. The minimum atomic E-state index is 0.563. The zero-order valence-electron chi connectivity index (χ0n) is 10.2. The summed E-state index contributed by atoms with van der Waals surface area (Å²) in [6.45, 7) is 6.29. The van der Waals surface area contributed by atoms with Gasteiger partial charge in [0.2, 0.25) is 0 Å². The first kappa shape index (κ1) is 11.2. The van der Waals surface area contributed by atoms with Gasteiger partial charge in [-0.2, -0.15) is 0 Å². The van der Waals surface area contributed by atoms with Gasteiger partial charge in [-0.25, -0.2) is 9.97 Å². The highest BCUT2D eigenvalue weighted by Gasteiger charge is 2.26. The molecule has 0 unspecified atom stereocenters. The van der Waals surface area contributed by atoms with Crippen LogP contribution in [0.4, 0.5) is 11.6 Å². The van der Waals surface area contributed by atoms with E-state index in [9.17, 15) is 0 Å². The number of nitrogen functional groups attached to an aromatic ring is 1. The molecule has 4 nitrogen and oxygen atoms in total. The van der Waals surface area contributed by atoms with Crippen LogP contribution in [0.25, 0.3) is 0 Å².